The molecule has 1 aromatic heterocycles. The van der Waals surface area contributed by atoms with Gasteiger partial charge < -0.3 is 15.2 Å². The van der Waals surface area contributed by atoms with Gasteiger partial charge in [0, 0.05) is 15.6 Å². The number of halogens is 1. The summed E-state index contributed by atoms with van der Waals surface area (Å²) in [7, 11) is 1.48. The fraction of sp³-hybridized carbons (Fsp3) is 0.0833. The van der Waals surface area contributed by atoms with E-state index in [1.54, 1.807) is 30.3 Å². The monoisotopic (exact) mass is 506 g/mol. The standard InChI is InChI=1S/C24H19BrN4O4/c1-32-20-12-17(25)11-16(22(20)33-14-21(26)30)13-27-29-23(15-7-3-2-4-8-15)28-19-10-6-5-9-18(19)24(29)31/h2-13H,14H2,1H3,(H2,26,30). The zero-order valence-corrected chi connectivity index (χ0v) is 19.2. The van der Waals surface area contributed by atoms with Crippen LogP contribution in [0.2, 0.25) is 0 Å². The Morgan fingerprint density at radius 1 is 1.15 bits per heavy atom. The van der Waals surface area contributed by atoms with E-state index in [4.69, 9.17) is 15.2 Å². The fourth-order valence-corrected chi connectivity index (χ4v) is 3.71. The first-order valence-electron chi connectivity index (χ1n) is 9.88. The van der Waals surface area contributed by atoms with Crippen LogP contribution < -0.4 is 20.8 Å². The number of carbonyl (C=O) groups is 1. The average Bonchev–Trinajstić information content (AvgIpc) is 2.82. The lowest BCUT2D eigenvalue weighted by molar-refractivity contribution is -0.119. The summed E-state index contributed by atoms with van der Waals surface area (Å²) < 4.78 is 12.9. The van der Waals surface area contributed by atoms with Gasteiger partial charge in [-0.3, -0.25) is 9.59 Å². The molecular formula is C24H19BrN4O4. The number of methoxy groups -OCH3 is 1. The van der Waals surface area contributed by atoms with E-state index in [1.807, 2.05) is 36.4 Å². The summed E-state index contributed by atoms with van der Waals surface area (Å²) in [4.78, 5) is 29.3. The number of primary amides is 1. The van der Waals surface area contributed by atoms with Crippen molar-refractivity contribution in [2.75, 3.05) is 13.7 Å². The van der Waals surface area contributed by atoms with Crippen LogP contribution in [0, 0.1) is 0 Å². The first-order valence-corrected chi connectivity index (χ1v) is 10.7. The van der Waals surface area contributed by atoms with E-state index in [9.17, 15) is 9.59 Å². The summed E-state index contributed by atoms with van der Waals surface area (Å²) >= 11 is 3.42. The molecule has 4 aromatic rings. The van der Waals surface area contributed by atoms with Gasteiger partial charge in [-0.15, -0.1) is 0 Å². The van der Waals surface area contributed by atoms with Crippen molar-refractivity contribution in [1.29, 1.82) is 0 Å². The Morgan fingerprint density at radius 2 is 1.88 bits per heavy atom. The summed E-state index contributed by atoms with van der Waals surface area (Å²) in [6, 6.07) is 19.8. The molecule has 0 aliphatic carbocycles. The van der Waals surface area contributed by atoms with Crippen LogP contribution in [-0.2, 0) is 4.79 Å². The Morgan fingerprint density at radius 3 is 2.61 bits per heavy atom. The minimum Gasteiger partial charge on any atom is -0.493 e. The molecular weight excluding hydrogens is 488 g/mol. The van der Waals surface area contributed by atoms with Gasteiger partial charge in [0.1, 0.15) is 0 Å². The molecule has 166 valence electrons. The lowest BCUT2D eigenvalue weighted by atomic mass is 10.2. The first-order chi connectivity index (χ1) is 16.0. The molecule has 0 spiro atoms. The summed E-state index contributed by atoms with van der Waals surface area (Å²) in [5, 5.41) is 4.89. The summed E-state index contributed by atoms with van der Waals surface area (Å²) in [5.41, 5.74) is 6.69. The largest absolute Gasteiger partial charge is 0.493 e. The molecule has 0 aliphatic heterocycles. The van der Waals surface area contributed by atoms with Gasteiger partial charge >= 0.3 is 0 Å². The number of nitrogens with two attached hydrogens (primary N) is 1. The first kappa shape index (κ1) is 22.2. The Kier molecular flexibility index (Phi) is 6.50. The smallest absolute Gasteiger partial charge is 0.282 e. The maximum Gasteiger partial charge on any atom is 0.282 e. The van der Waals surface area contributed by atoms with Crippen LogP contribution in [0.1, 0.15) is 5.56 Å². The van der Waals surface area contributed by atoms with Crippen LogP contribution in [0.3, 0.4) is 0 Å². The normalized spacial score (nSPS) is 11.1. The number of hydrogen-bond acceptors (Lipinski definition) is 6. The van der Waals surface area contributed by atoms with E-state index in [1.165, 1.54) is 18.0 Å². The molecule has 0 aliphatic rings. The molecule has 0 fully saturated rings. The SMILES string of the molecule is COc1cc(Br)cc(C=Nn2c(-c3ccccc3)nc3ccccc3c2=O)c1OCC(N)=O. The minimum atomic E-state index is -0.635. The number of fused-ring (bicyclic) bond motifs is 1. The molecule has 1 heterocycles. The van der Waals surface area contributed by atoms with Crippen molar-refractivity contribution in [3.63, 3.8) is 0 Å². The highest BCUT2D eigenvalue weighted by Crippen LogP contribution is 2.34. The quantitative estimate of drug-likeness (QED) is 0.385. The molecule has 0 saturated heterocycles. The van der Waals surface area contributed by atoms with Crippen molar-refractivity contribution in [1.82, 2.24) is 9.66 Å². The van der Waals surface area contributed by atoms with E-state index in [0.29, 0.717) is 32.5 Å². The third kappa shape index (κ3) is 4.78. The zero-order chi connectivity index (χ0) is 23.4. The van der Waals surface area contributed by atoms with Crippen molar-refractivity contribution in [3.05, 3.63) is 87.1 Å². The van der Waals surface area contributed by atoms with Gasteiger partial charge in [0.25, 0.3) is 11.5 Å². The Bertz CT molecular complexity index is 1420. The van der Waals surface area contributed by atoms with Crippen LogP contribution in [0.25, 0.3) is 22.3 Å². The second-order valence-corrected chi connectivity index (χ2v) is 7.88. The van der Waals surface area contributed by atoms with Gasteiger partial charge in [0.15, 0.2) is 23.9 Å². The number of carbonyl (C=O) groups excluding carboxylic acids is 1. The van der Waals surface area contributed by atoms with Gasteiger partial charge in [0.2, 0.25) is 0 Å². The van der Waals surface area contributed by atoms with Crippen molar-refractivity contribution in [2.24, 2.45) is 10.8 Å². The number of ether oxygens (including phenoxy) is 2. The van der Waals surface area contributed by atoms with Crippen LogP contribution in [0.15, 0.2) is 81.1 Å². The lowest BCUT2D eigenvalue weighted by Gasteiger charge is -2.13. The van der Waals surface area contributed by atoms with Crippen LogP contribution >= 0.6 is 15.9 Å². The third-order valence-corrected chi connectivity index (χ3v) is 5.18. The van der Waals surface area contributed by atoms with Gasteiger partial charge in [-0.25, -0.2) is 4.98 Å². The lowest BCUT2D eigenvalue weighted by Crippen LogP contribution is -2.21. The highest BCUT2D eigenvalue weighted by molar-refractivity contribution is 9.10. The van der Waals surface area contributed by atoms with E-state index in [2.05, 4.69) is 26.0 Å². The Balaban J connectivity index is 1.90. The molecule has 3 aromatic carbocycles. The summed E-state index contributed by atoms with van der Waals surface area (Å²) in [6.07, 6.45) is 1.45. The summed E-state index contributed by atoms with van der Waals surface area (Å²) in [5.74, 6) is 0.395. The Labute approximate surface area is 197 Å². The average molecular weight is 507 g/mol. The second-order valence-electron chi connectivity index (χ2n) is 6.96. The molecule has 0 bridgehead atoms. The van der Waals surface area contributed by atoms with Gasteiger partial charge in [-0.2, -0.15) is 9.78 Å². The number of aromatic nitrogens is 2. The summed E-state index contributed by atoms with van der Waals surface area (Å²) in [6.45, 7) is -0.342. The van der Waals surface area contributed by atoms with Crippen LogP contribution in [-0.4, -0.2) is 35.5 Å². The van der Waals surface area contributed by atoms with E-state index in [0.717, 1.165) is 5.56 Å². The van der Waals surface area contributed by atoms with E-state index >= 15 is 0 Å². The van der Waals surface area contributed by atoms with Crippen molar-refractivity contribution in [2.45, 2.75) is 0 Å². The van der Waals surface area contributed by atoms with Crippen LogP contribution in [0.4, 0.5) is 0 Å². The predicted molar refractivity (Wildman–Crippen MR) is 130 cm³/mol. The zero-order valence-electron chi connectivity index (χ0n) is 17.6. The van der Waals surface area contributed by atoms with Crippen molar-refractivity contribution in [3.8, 4) is 22.9 Å². The molecule has 0 radical (unpaired) electrons. The predicted octanol–water partition coefficient (Wildman–Crippen LogP) is 3.58. The molecule has 1 amide bonds. The number of nitrogens with zero attached hydrogens (tertiary/aromatic N) is 3. The second kappa shape index (κ2) is 9.66. The Hall–Kier alpha value is -3.98. The van der Waals surface area contributed by atoms with Crippen LogP contribution in [0.5, 0.6) is 11.5 Å². The van der Waals surface area contributed by atoms with Crippen molar-refractivity contribution < 1.29 is 14.3 Å². The fourth-order valence-electron chi connectivity index (χ4n) is 3.26. The van der Waals surface area contributed by atoms with Crippen molar-refractivity contribution >= 4 is 39.0 Å². The number of rotatable bonds is 7. The maximum atomic E-state index is 13.3. The molecule has 4 rings (SSSR count). The minimum absolute atomic E-state index is 0.270. The molecule has 0 saturated carbocycles. The third-order valence-electron chi connectivity index (χ3n) is 4.73. The molecule has 2 N–H and O–H groups in total. The van der Waals surface area contributed by atoms with E-state index < -0.39 is 5.91 Å². The maximum absolute atomic E-state index is 13.3. The molecule has 0 unspecified atom stereocenters. The number of hydrogen-bond donors (Lipinski definition) is 1. The number of benzene rings is 3. The molecule has 0 atom stereocenters. The van der Waals surface area contributed by atoms with Gasteiger partial charge in [-0.05, 0) is 24.3 Å². The number of para-hydroxylation sites is 1. The topological polar surface area (TPSA) is 109 Å². The highest BCUT2D eigenvalue weighted by Gasteiger charge is 2.15. The van der Waals surface area contributed by atoms with Gasteiger partial charge in [-0.1, -0.05) is 58.4 Å². The molecule has 33 heavy (non-hydrogen) atoms. The number of amides is 1. The molecule has 9 heteroatoms. The van der Waals surface area contributed by atoms with E-state index in [-0.39, 0.29) is 17.9 Å². The molecule has 8 nitrogen and oxygen atoms in total. The highest BCUT2D eigenvalue weighted by atomic mass is 79.9. The van der Waals surface area contributed by atoms with Gasteiger partial charge in [0.05, 0.1) is 24.2 Å².